The van der Waals surface area contributed by atoms with E-state index in [4.69, 9.17) is 27.5 Å². The van der Waals surface area contributed by atoms with Gasteiger partial charge in [0.05, 0.1) is 34.8 Å². The Kier molecular flexibility index (Phi) is 5.45. The van der Waals surface area contributed by atoms with Crippen molar-refractivity contribution < 1.29 is 9.90 Å². The van der Waals surface area contributed by atoms with E-state index in [-0.39, 0.29) is 18.1 Å². The van der Waals surface area contributed by atoms with E-state index >= 15 is 0 Å². The number of carbonyl (C=O) groups is 1. The lowest BCUT2D eigenvalue weighted by molar-refractivity contribution is 0.102. The Morgan fingerprint density at radius 1 is 1.23 bits per heavy atom. The number of nitrogens with two attached hydrogens (primary N) is 1. The molecule has 1 amide bonds. The standard InChI is InChI=1S/C23H24ClN9O2/c1-23(2,3)33-21-16(20(25)26-11-27-21)18(31-33)19-17(24)13-5-4-12(10-14(13)28-19)22(35)29-15-6-7-32(30-15)8-9-34/h4-7,10-11,28,34H,8-9H2,1-3H3,(H2,25,26,27)(H,29,30,35). The number of rotatable bonds is 5. The minimum Gasteiger partial charge on any atom is -0.394 e. The van der Waals surface area contributed by atoms with Crippen LogP contribution in [0.4, 0.5) is 11.6 Å². The SMILES string of the molecule is CC(C)(C)n1nc(-c2[nH]c3cc(C(=O)Nc4ccn(CCO)n4)ccc3c2Cl)c2c(N)ncnc21. The first-order valence-corrected chi connectivity index (χ1v) is 11.3. The summed E-state index contributed by atoms with van der Waals surface area (Å²) in [6.07, 6.45) is 3.10. The molecule has 0 radical (unpaired) electrons. The monoisotopic (exact) mass is 493 g/mol. The Morgan fingerprint density at radius 2 is 2.03 bits per heavy atom. The fraction of sp³-hybridized carbons (Fsp3) is 0.261. The molecule has 5 rings (SSSR count). The number of hydrogen-bond donors (Lipinski definition) is 4. The first-order chi connectivity index (χ1) is 16.7. The van der Waals surface area contributed by atoms with Gasteiger partial charge in [-0.1, -0.05) is 17.7 Å². The van der Waals surface area contributed by atoms with Gasteiger partial charge in [0, 0.05) is 28.7 Å². The van der Waals surface area contributed by atoms with E-state index < -0.39 is 0 Å². The van der Waals surface area contributed by atoms with E-state index in [9.17, 15) is 4.79 Å². The molecule has 4 heterocycles. The van der Waals surface area contributed by atoms with Crippen LogP contribution >= 0.6 is 11.6 Å². The molecule has 0 fully saturated rings. The molecule has 0 unspecified atom stereocenters. The van der Waals surface area contributed by atoms with Gasteiger partial charge in [-0.25, -0.2) is 14.6 Å². The maximum atomic E-state index is 12.8. The van der Waals surface area contributed by atoms with Crippen molar-refractivity contribution >= 4 is 51.1 Å². The number of nitrogen functional groups attached to an aromatic ring is 1. The minimum atomic E-state index is -0.356. The van der Waals surface area contributed by atoms with E-state index in [1.54, 1.807) is 39.8 Å². The van der Waals surface area contributed by atoms with E-state index in [1.165, 1.54) is 6.33 Å². The summed E-state index contributed by atoms with van der Waals surface area (Å²) in [5.41, 5.74) is 8.66. The van der Waals surface area contributed by atoms with E-state index in [1.807, 2.05) is 20.8 Å². The molecule has 180 valence electrons. The van der Waals surface area contributed by atoms with Crippen LogP contribution in [0.25, 0.3) is 33.3 Å². The average molecular weight is 494 g/mol. The second-order valence-corrected chi connectivity index (χ2v) is 9.48. The van der Waals surface area contributed by atoms with Gasteiger partial charge in [-0.15, -0.1) is 0 Å². The molecule has 0 aliphatic heterocycles. The number of aliphatic hydroxyl groups excluding tert-OH is 1. The number of nitrogens with one attached hydrogen (secondary N) is 2. The Bertz CT molecular complexity index is 1580. The highest BCUT2D eigenvalue weighted by molar-refractivity contribution is 6.38. The lowest BCUT2D eigenvalue weighted by atomic mass is 10.1. The molecule has 0 bridgehead atoms. The fourth-order valence-corrected chi connectivity index (χ4v) is 4.23. The van der Waals surface area contributed by atoms with Crippen molar-refractivity contribution in [2.75, 3.05) is 17.7 Å². The fourth-order valence-electron chi connectivity index (χ4n) is 3.93. The zero-order valence-corrected chi connectivity index (χ0v) is 20.1. The maximum Gasteiger partial charge on any atom is 0.256 e. The van der Waals surface area contributed by atoms with Crippen LogP contribution in [0.15, 0.2) is 36.8 Å². The molecule has 4 aromatic heterocycles. The summed E-state index contributed by atoms with van der Waals surface area (Å²) in [5.74, 6) is 0.368. The third-order valence-corrected chi connectivity index (χ3v) is 5.97. The number of H-pyrrole nitrogens is 1. The smallest absolute Gasteiger partial charge is 0.256 e. The Morgan fingerprint density at radius 3 is 2.77 bits per heavy atom. The second kappa shape index (κ2) is 8.36. The highest BCUT2D eigenvalue weighted by atomic mass is 35.5. The van der Waals surface area contributed by atoms with Crippen molar-refractivity contribution in [3.05, 3.63) is 47.4 Å². The quantitative estimate of drug-likeness (QED) is 0.292. The predicted molar refractivity (Wildman–Crippen MR) is 134 cm³/mol. The number of fused-ring (bicyclic) bond motifs is 2. The first kappa shape index (κ1) is 22.8. The molecular weight excluding hydrogens is 470 g/mol. The molecule has 5 N–H and O–H groups in total. The van der Waals surface area contributed by atoms with Gasteiger partial charge in [-0.2, -0.15) is 10.2 Å². The molecule has 11 nitrogen and oxygen atoms in total. The highest BCUT2D eigenvalue weighted by Gasteiger charge is 2.26. The Hall–Kier alpha value is -3.96. The second-order valence-electron chi connectivity index (χ2n) is 9.10. The summed E-state index contributed by atoms with van der Waals surface area (Å²) in [5, 5.41) is 22.6. The third-order valence-electron chi connectivity index (χ3n) is 5.57. The molecule has 0 spiro atoms. The van der Waals surface area contributed by atoms with Crippen LogP contribution in [-0.4, -0.2) is 52.1 Å². The number of aromatic amines is 1. The number of carbonyl (C=O) groups excluding carboxylic acids is 1. The Labute approximate surface area is 204 Å². The van der Waals surface area contributed by atoms with Gasteiger partial charge in [-0.3, -0.25) is 9.48 Å². The zero-order valence-electron chi connectivity index (χ0n) is 19.4. The van der Waals surface area contributed by atoms with E-state index in [0.29, 0.717) is 56.7 Å². The largest absolute Gasteiger partial charge is 0.394 e. The van der Waals surface area contributed by atoms with Crippen molar-refractivity contribution in [2.45, 2.75) is 32.9 Å². The number of hydrogen-bond acceptors (Lipinski definition) is 7. The molecule has 0 saturated heterocycles. The number of aliphatic hydroxyl groups is 1. The van der Waals surface area contributed by atoms with Crippen molar-refractivity contribution in [3.63, 3.8) is 0 Å². The molecule has 1 aromatic carbocycles. The molecule has 12 heteroatoms. The van der Waals surface area contributed by atoms with Crippen LogP contribution in [0.2, 0.25) is 5.02 Å². The average Bonchev–Trinajstić information content (AvgIpc) is 3.50. The molecule has 5 aromatic rings. The summed E-state index contributed by atoms with van der Waals surface area (Å²) < 4.78 is 3.35. The van der Waals surface area contributed by atoms with Crippen molar-refractivity contribution in [1.29, 1.82) is 0 Å². The van der Waals surface area contributed by atoms with Crippen LogP contribution in [0.3, 0.4) is 0 Å². The summed E-state index contributed by atoms with van der Waals surface area (Å²) in [6, 6.07) is 6.85. The summed E-state index contributed by atoms with van der Waals surface area (Å²) >= 11 is 6.77. The van der Waals surface area contributed by atoms with Gasteiger partial charge in [-0.05, 0) is 32.9 Å². The van der Waals surface area contributed by atoms with Gasteiger partial charge in [0.25, 0.3) is 5.91 Å². The highest BCUT2D eigenvalue weighted by Crippen LogP contribution is 2.39. The molecule has 0 aliphatic carbocycles. The lowest BCUT2D eigenvalue weighted by Crippen LogP contribution is -2.23. The topological polar surface area (TPSA) is 153 Å². The van der Waals surface area contributed by atoms with Crippen LogP contribution in [0.1, 0.15) is 31.1 Å². The third kappa shape index (κ3) is 3.98. The van der Waals surface area contributed by atoms with Crippen LogP contribution in [-0.2, 0) is 12.1 Å². The van der Waals surface area contributed by atoms with Crippen LogP contribution in [0, 0.1) is 0 Å². The van der Waals surface area contributed by atoms with Gasteiger partial charge in [0.2, 0.25) is 0 Å². The molecule has 0 atom stereocenters. The van der Waals surface area contributed by atoms with Gasteiger partial charge < -0.3 is 21.1 Å². The normalized spacial score (nSPS) is 12.0. The summed E-state index contributed by atoms with van der Waals surface area (Å²) in [7, 11) is 0. The van der Waals surface area contributed by atoms with Gasteiger partial charge in [0.1, 0.15) is 17.8 Å². The Balaban J connectivity index is 1.55. The summed E-state index contributed by atoms with van der Waals surface area (Å²) in [6.45, 7) is 6.37. The zero-order chi connectivity index (χ0) is 24.9. The van der Waals surface area contributed by atoms with E-state index in [2.05, 4.69) is 25.4 Å². The molecule has 0 saturated carbocycles. The number of nitrogens with zero attached hydrogens (tertiary/aromatic N) is 6. The minimum absolute atomic E-state index is 0.0390. The predicted octanol–water partition coefficient (Wildman–Crippen LogP) is 3.41. The van der Waals surface area contributed by atoms with Gasteiger partial charge >= 0.3 is 0 Å². The number of halogens is 1. The van der Waals surface area contributed by atoms with E-state index in [0.717, 1.165) is 5.39 Å². The summed E-state index contributed by atoms with van der Waals surface area (Å²) in [4.78, 5) is 24.7. The van der Waals surface area contributed by atoms with Gasteiger partial charge in [0.15, 0.2) is 11.5 Å². The number of anilines is 2. The van der Waals surface area contributed by atoms with Crippen molar-refractivity contribution in [3.8, 4) is 11.4 Å². The molecule has 35 heavy (non-hydrogen) atoms. The number of aromatic nitrogens is 7. The molecule has 0 aliphatic rings. The number of amides is 1. The van der Waals surface area contributed by atoms with Crippen LogP contribution in [0.5, 0.6) is 0 Å². The first-order valence-electron chi connectivity index (χ1n) is 10.9. The van der Waals surface area contributed by atoms with Crippen molar-refractivity contribution in [1.82, 2.24) is 34.5 Å². The van der Waals surface area contributed by atoms with Crippen molar-refractivity contribution in [2.24, 2.45) is 0 Å². The number of benzene rings is 1. The lowest BCUT2D eigenvalue weighted by Gasteiger charge is -2.19. The maximum absolute atomic E-state index is 12.8. The van der Waals surface area contributed by atoms with Crippen LogP contribution < -0.4 is 11.1 Å². The molecular formula is C23H24ClN9O2.